The number of Topliss-reactive ketones (excluding diaryl/α,β-unsaturated/α-hetero) is 1. The number of aliphatic hydroxyl groups excluding tert-OH is 1. The Morgan fingerprint density at radius 2 is 1.74 bits per heavy atom. The van der Waals surface area contributed by atoms with Gasteiger partial charge in [-0.15, -0.1) is 0 Å². The molecule has 13 heteroatoms. The Hall–Kier alpha value is -3.29. The van der Waals surface area contributed by atoms with Crippen LogP contribution in [0.15, 0.2) is 23.0 Å². The van der Waals surface area contributed by atoms with Gasteiger partial charge >= 0.3 is 23.9 Å². The molecule has 5 rings (SSSR count). The molecule has 11 atom stereocenters. The maximum Gasteiger partial charge on any atom is 0.308 e. The van der Waals surface area contributed by atoms with Crippen LogP contribution < -0.4 is 0 Å². The van der Waals surface area contributed by atoms with E-state index in [9.17, 15) is 39.3 Å². The van der Waals surface area contributed by atoms with Gasteiger partial charge in [0.25, 0.3) is 0 Å². The lowest BCUT2D eigenvalue weighted by molar-refractivity contribution is -0.322. The van der Waals surface area contributed by atoms with Crippen molar-refractivity contribution in [3.8, 4) is 0 Å². The summed E-state index contributed by atoms with van der Waals surface area (Å²) >= 11 is 0. The molecule has 1 aliphatic heterocycles. The highest BCUT2D eigenvalue weighted by molar-refractivity contribution is 5.96. The maximum absolute atomic E-state index is 14.6. The number of aliphatic hydroxyl groups is 3. The predicted octanol–water partition coefficient (Wildman–Crippen LogP) is 2.04. The van der Waals surface area contributed by atoms with Gasteiger partial charge in [-0.3, -0.25) is 24.0 Å². The third kappa shape index (κ3) is 4.33. The molecular formula is C33H44O13. The number of hydrogen-bond acceptors (Lipinski definition) is 13. The lowest BCUT2D eigenvalue weighted by atomic mass is 9.39. The number of fused-ring (bicyclic) bond motifs is 5. The minimum Gasteiger partial charge on any atom is -0.472 e. The van der Waals surface area contributed by atoms with Crippen LogP contribution in [0.3, 0.4) is 0 Å². The first-order valence-electron chi connectivity index (χ1n) is 15.6. The summed E-state index contributed by atoms with van der Waals surface area (Å²) < 4.78 is 27.9. The Labute approximate surface area is 266 Å². The van der Waals surface area contributed by atoms with E-state index in [-0.39, 0.29) is 12.8 Å². The molecule has 4 fully saturated rings. The van der Waals surface area contributed by atoms with E-state index in [4.69, 9.17) is 23.4 Å². The van der Waals surface area contributed by atoms with E-state index in [0.717, 1.165) is 0 Å². The summed E-state index contributed by atoms with van der Waals surface area (Å²) in [5.74, 6) is -8.46. The number of esters is 4. The predicted molar refractivity (Wildman–Crippen MR) is 155 cm³/mol. The van der Waals surface area contributed by atoms with E-state index in [1.54, 1.807) is 40.7 Å². The maximum atomic E-state index is 14.6. The standard InChI is InChI=1S/C33H44O13/c1-15(2)27(39)46-28-29(4,5)19(11-21(35)42-8)31(7)23-18(44-16(3)34)13-30(6)20(32(23,40)24(37)25(38)33(28,31)41)12-22(36)45-26(30)17-9-10-43-14-17/h9-10,14-15,18-20,23-24,26,28,37,40-41H,11-13H2,1-8H3/t18?,19?,20-,23-,24?,26?,28+,30?,31?,32?,33?/m1/s1. The molecule has 0 spiro atoms. The van der Waals surface area contributed by atoms with Gasteiger partial charge < -0.3 is 38.7 Å². The first-order valence-corrected chi connectivity index (χ1v) is 15.6. The van der Waals surface area contributed by atoms with Crippen molar-refractivity contribution in [1.29, 1.82) is 0 Å². The van der Waals surface area contributed by atoms with Crippen LogP contribution in [0.4, 0.5) is 0 Å². The second-order valence-corrected chi connectivity index (χ2v) is 14.8. The van der Waals surface area contributed by atoms with E-state index in [0.29, 0.717) is 5.56 Å². The number of carbonyl (C=O) groups is 5. The van der Waals surface area contributed by atoms with Crippen molar-refractivity contribution in [3.63, 3.8) is 0 Å². The average molecular weight is 649 g/mol. The number of methoxy groups -OCH3 is 1. The fraction of sp³-hybridized carbons (Fsp3) is 0.727. The molecule has 1 aromatic rings. The second-order valence-electron chi connectivity index (χ2n) is 14.8. The molecular weight excluding hydrogens is 604 g/mol. The summed E-state index contributed by atoms with van der Waals surface area (Å²) in [6.45, 7) is 10.8. The van der Waals surface area contributed by atoms with Crippen molar-refractivity contribution in [2.75, 3.05) is 7.11 Å². The van der Waals surface area contributed by atoms with Gasteiger partial charge in [0.2, 0.25) is 0 Å². The van der Waals surface area contributed by atoms with Gasteiger partial charge in [0.1, 0.15) is 30.0 Å². The molecule has 3 aliphatic carbocycles. The summed E-state index contributed by atoms with van der Waals surface area (Å²) in [5, 5.41) is 37.9. The van der Waals surface area contributed by atoms with Crippen molar-refractivity contribution >= 4 is 29.7 Å². The topological polar surface area (TPSA) is 196 Å². The van der Waals surface area contributed by atoms with Gasteiger partial charge in [-0.1, -0.05) is 41.5 Å². The molecule has 1 saturated heterocycles. The summed E-state index contributed by atoms with van der Waals surface area (Å²) in [6, 6.07) is 1.59. The molecule has 13 nitrogen and oxygen atoms in total. The summed E-state index contributed by atoms with van der Waals surface area (Å²) in [4.78, 5) is 66.6. The van der Waals surface area contributed by atoms with E-state index >= 15 is 0 Å². The number of hydrogen-bond donors (Lipinski definition) is 3. The van der Waals surface area contributed by atoms with E-state index in [2.05, 4.69) is 0 Å². The third-order valence-electron chi connectivity index (χ3n) is 11.8. The van der Waals surface area contributed by atoms with Gasteiger partial charge in [0.15, 0.2) is 11.4 Å². The fourth-order valence-electron chi connectivity index (χ4n) is 9.85. The SMILES string of the molecule is COC(=O)CC1C(C)(C)[C@H](OC(=O)C(C)C)C2(O)C(=O)C(O)C3(O)[C@@H]4CC(=O)OC(c5ccoc5)C4(C)CC(OC(C)=O)[C@@H]3C12C. The largest absolute Gasteiger partial charge is 0.472 e. The molecule has 0 aromatic carbocycles. The van der Waals surface area contributed by atoms with Crippen molar-refractivity contribution < 1.29 is 62.7 Å². The molecule has 0 radical (unpaired) electrons. The molecule has 0 bridgehead atoms. The summed E-state index contributed by atoms with van der Waals surface area (Å²) in [6.07, 6.45) is -4.32. The van der Waals surface area contributed by atoms with Gasteiger partial charge in [-0.25, -0.2) is 0 Å². The third-order valence-corrected chi connectivity index (χ3v) is 11.8. The normalized spacial score (nSPS) is 42.7. The number of ketones is 1. The number of carbonyl (C=O) groups excluding carboxylic acids is 5. The molecule has 4 aliphatic rings. The zero-order chi connectivity index (χ0) is 34.4. The Balaban J connectivity index is 1.81. The van der Waals surface area contributed by atoms with Crippen molar-refractivity contribution in [2.45, 2.75) is 103 Å². The van der Waals surface area contributed by atoms with Gasteiger partial charge in [0, 0.05) is 47.0 Å². The highest BCUT2D eigenvalue weighted by Crippen LogP contribution is 2.74. The molecule has 254 valence electrons. The van der Waals surface area contributed by atoms with Crippen LogP contribution in [0.25, 0.3) is 0 Å². The first-order chi connectivity index (χ1) is 21.2. The second kappa shape index (κ2) is 10.9. The summed E-state index contributed by atoms with van der Waals surface area (Å²) in [7, 11) is 1.18. The van der Waals surface area contributed by atoms with Gasteiger partial charge in [-0.2, -0.15) is 0 Å². The smallest absolute Gasteiger partial charge is 0.308 e. The van der Waals surface area contributed by atoms with Crippen LogP contribution in [0.5, 0.6) is 0 Å². The zero-order valence-corrected chi connectivity index (χ0v) is 27.4. The van der Waals surface area contributed by atoms with Crippen LogP contribution >= 0.6 is 0 Å². The van der Waals surface area contributed by atoms with Crippen molar-refractivity contribution in [1.82, 2.24) is 0 Å². The molecule has 0 amide bonds. The molecule has 3 saturated carbocycles. The van der Waals surface area contributed by atoms with E-state index < -0.39 is 112 Å². The minimum atomic E-state index is -2.68. The quantitative estimate of drug-likeness (QED) is 0.300. The van der Waals surface area contributed by atoms with Gasteiger partial charge in [0.05, 0.1) is 32.0 Å². The molecule has 46 heavy (non-hydrogen) atoms. The number of furan rings is 1. The van der Waals surface area contributed by atoms with Gasteiger partial charge in [-0.05, 0) is 18.4 Å². The Morgan fingerprint density at radius 3 is 2.28 bits per heavy atom. The van der Waals surface area contributed by atoms with Crippen molar-refractivity contribution in [2.24, 2.45) is 39.9 Å². The Kier molecular flexibility index (Phi) is 8.05. The summed E-state index contributed by atoms with van der Waals surface area (Å²) in [5.41, 5.74) is -9.20. The van der Waals surface area contributed by atoms with Crippen LogP contribution in [0, 0.1) is 39.9 Å². The van der Waals surface area contributed by atoms with Crippen LogP contribution in [0.2, 0.25) is 0 Å². The fourth-order valence-corrected chi connectivity index (χ4v) is 9.85. The minimum absolute atomic E-state index is 0.0399. The number of ether oxygens (including phenoxy) is 4. The molecule has 2 heterocycles. The lowest BCUT2D eigenvalue weighted by Gasteiger charge is -2.68. The highest BCUT2D eigenvalue weighted by Gasteiger charge is 2.86. The van der Waals surface area contributed by atoms with Crippen LogP contribution in [-0.4, -0.2) is 81.6 Å². The molecule has 3 N–H and O–H groups in total. The molecule has 8 unspecified atom stereocenters. The Morgan fingerprint density at radius 1 is 1.09 bits per heavy atom. The van der Waals surface area contributed by atoms with Crippen molar-refractivity contribution in [3.05, 3.63) is 24.2 Å². The van der Waals surface area contributed by atoms with E-state index in [1.807, 2.05) is 0 Å². The molecule has 1 aromatic heterocycles. The lowest BCUT2D eigenvalue weighted by Crippen LogP contribution is -2.82. The van der Waals surface area contributed by atoms with E-state index in [1.165, 1.54) is 33.5 Å². The zero-order valence-electron chi connectivity index (χ0n) is 27.4. The first kappa shape index (κ1) is 34.1. The van der Waals surface area contributed by atoms with Crippen LogP contribution in [0.1, 0.15) is 79.4 Å². The average Bonchev–Trinajstić information content (AvgIpc) is 3.54. The number of cyclic esters (lactones) is 1. The van der Waals surface area contributed by atoms with Crippen LogP contribution in [-0.2, 0) is 42.9 Å². The highest BCUT2D eigenvalue weighted by atomic mass is 16.6. The monoisotopic (exact) mass is 648 g/mol. The Bertz CT molecular complexity index is 1430. The number of rotatable bonds is 6.